The van der Waals surface area contributed by atoms with E-state index in [0.29, 0.717) is 134 Å². The molecule has 24 nitrogen and oxygen atoms in total. The van der Waals surface area contributed by atoms with E-state index >= 15 is 0 Å². The largest absolute Gasteiger partial charge is 0.497 e. The first-order valence-corrected chi connectivity index (χ1v) is 48.8. The number of morpholine rings is 6. The molecule has 0 radical (unpaired) electrons. The van der Waals surface area contributed by atoms with Gasteiger partial charge in [-0.25, -0.2) is 0 Å². The van der Waals surface area contributed by atoms with Crippen molar-refractivity contribution in [3.63, 3.8) is 0 Å². The van der Waals surface area contributed by atoms with Crippen LogP contribution >= 0.6 is 23.2 Å². The predicted octanol–water partition coefficient (Wildman–Crippen LogP) is 18.9. The van der Waals surface area contributed by atoms with Gasteiger partial charge in [0, 0.05) is 125 Å². The molecule has 26 heteroatoms. The fourth-order valence-corrected chi connectivity index (χ4v) is 17.1. The van der Waals surface area contributed by atoms with Crippen LogP contribution in [0.3, 0.4) is 0 Å². The second-order valence-electron chi connectivity index (χ2n) is 43.0. The number of piperazine rings is 1. The highest BCUT2D eigenvalue weighted by Crippen LogP contribution is 2.36. The second-order valence-corrected chi connectivity index (χ2v) is 43.8. The van der Waals surface area contributed by atoms with Gasteiger partial charge in [-0.2, -0.15) is 0 Å². The molecule has 7 fully saturated rings. The molecule has 7 saturated heterocycles. The molecule has 136 heavy (non-hydrogen) atoms. The van der Waals surface area contributed by atoms with Crippen LogP contribution in [0.15, 0.2) is 182 Å². The second kappa shape index (κ2) is 51.1. The van der Waals surface area contributed by atoms with Crippen molar-refractivity contribution in [2.75, 3.05) is 145 Å². The summed E-state index contributed by atoms with van der Waals surface area (Å²) in [5, 5.41) is 20.0. The monoisotopic (exact) mass is 1920 g/mol. The van der Waals surface area contributed by atoms with E-state index in [9.17, 15) is 43.8 Å². The van der Waals surface area contributed by atoms with E-state index in [1.165, 1.54) is 5.56 Å². The summed E-state index contributed by atoms with van der Waals surface area (Å²) in [6.07, 6.45) is -0.528. The number of benzene rings is 7. The van der Waals surface area contributed by atoms with Gasteiger partial charge in [0.15, 0.2) is 0 Å². The highest BCUT2D eigenvalue weighted by molar-refractivity contribution is 6.31. The van der Waals surface area contributed by atoms with Crippen molar-refractivity contribution in [1.82, 2.24) is 39.2 Å². The van der Waals surface area contributed by atoms with E-state index in [-0.39, 0.29) is 129 Å². The molecule has 7 atom stereocenters. The highest BCUT2D eigenvalue weighted by Gasteiger charge is 2.40. The molecule has 7 aromatic carbocycles. The van der Waals surface area contributed by atoms with Crippen molar-refractivity contribution in [1.29, 1.82) is 0 Å². The number of carbonyl (C=O) groups is 7. The summed E-state index contributed by atoms with van der Waals surface area (Å²) >= 11 is 12.2. The number of nitrogens with zero attached hydrogens (tertiary/aromatic N) is 8. The van der Waals surface area contributed by atoms with Gasteiger partial charge in [0.25, 0.3) is 0 Å². The van der Waals surface area contributed by atoms with Crippen molar-refractivity contribution >= 4 is 64.6 Å². The minimum atomic E-state index is -0.377. The number of halogens is 2. The Morgan fingerprint density at radius 3 is 1.01 bits per heavy atom. The van der Waals surface area contributed by atoms with E-state index in [4.69, 9.17) is 56.4 Å². The van der Waals surface area contributed by atoms with Gasteiger partial charge in [-0.3, -0.25) is 38.5 Å². The summed E-state index contributed by atoms with van der Waals surface area (Å²) < 4.78 is 39.8. The molecule has 0 saturated carbocycles. The normalized spacial score (nSPS) is 20.3. The van der Waals surface area contributed by atoms with E-state index in [1.807, 2.05) is 325 Å². The number of hydrogen-bond acceptors (Lipinski definition) is 17. The smallest absolute Gasteiger partial charge is 0.228 e. The van der Waals surface area contributed by atoms with Gasteiger partial charge in [-0.05, 0) is 81.8 Å². The van der Waals surface area contributed by atoms with E-state index in [2.05, 4.69) is 48.2 Å². The zero-order chi connectivity index (χ0) is 100. The molecule has 7 aromatic rings. The molecule has 0 spiro atoms. The quantitative estimate of drug-likeness (QED) is 0.122. The summed E-state index contributed by atoms with van der Waals surface area (Å²) in [5.41, 5.74) is 6.87. The van der Waals surface area contributed by atoms with Crippen LogP contribution in [0.2, 0.25) is 10.0 Å². The summed E-state index contributed by atoms with van der Waals surface area (Å²) in [6, 6.07) is 59.4. The van der Waals surface area contributed by atoms with Crippen LogP contribution in [0.4, 0.5) is 0 Å². The number of aliphatic hydroxyl groups excluding tert-OH is 2. The summed E-state index contributed by atoms with van der Waals surface area (Å²) in [6.45, 7) is 57.8. The molecule has 14 rings (SSSR count). The lowest BCUT2D eigenvalue weighted by Crippen LogP contribution is -2.56. The number of methoxy groups -OCH3 is 1. The van der Waals surface area contributed by atoms with Gasteiger partial charge in [0.1, 0.15) is 42.4 Å². The van der Waals surface area contributed by atoms with Gasteiger partial charge in [0.05, 0.1) is 99.2 Å². The van der Waals surface area contributed by atoms with Crippen LogP contribution in [-0.4, -0.2) is 242 Å². The first-order valence-electron chi connectivity index (χ1n) is 48.0. The lowest BCUT2D eigenvalue weighted by atomic mass is 9.93. The zero-order valence-corrected chi connectivity index (χ0v) is 86.8. The van der Waals surface area contributed by atoms with Gasteiger partial charge < -0.3 is 77.7 Å². The average Bonchev–Trinajstić information content (AvgIpc) is 0.848. The highest BCUT2D eigenvalue weighted by atomic mass is 35.5. The average molecular weight is 1920 g/mol. The van der Waals surface area contributed by atoms with Crippen LogP contribution < -0.4 is 4.74 Å². The molecule has 7 aliphatic rings. The molecule has 7 unspecified atom stereocenters. The van der Waals surface area contributed by atoms with Crippen molar-refractivity contribution in [3.05, 3.63) is 242 Å². The Kier molecular flexibility index (Phi) is 42.2. The Morgan fingerprint density at radius 2 is 0.640 bits per heavy atom. The standard InChI is InChI=1S/C17H26N2O.3C16H23NO3.2C15H20ClNO2.C15H21NO2/c1-14-12-18(13-15-8-6-5-7-9-15)10-11-19(14)16(20)17(2,3)4;1-16(2,3)15(18)17-9-10-20-14(11-17)12-5-7-13(19-4)8-6-12;1-16(2,3)15(19)17-7-8-20-14(10-17)13-6-4-5-12(9-13)11-18;1-16(2,3)15(19)17-8-9-20-14(10-17)13-7-5-4-6-12(13)11-18;1-15(2,3)14(18)17-7-8-19-13(10-17)11-5-4-6-12(16)9-11;1-15(2,3)14(18)17-8-9-19-13(10-17)11-6-4-5-7-12(11)16;1-15(2,3)14(17)16-9-10-18-13(11-16)12-7-5-4-6-8-12/h5-9,14H,10-13H2,1-4H3;5-8,14H,9-11H2,1-4H3;4-6,9,14,18H,7-8,10-11H2,1-3H3;4-7,14,18H,8-11H2,1-3H3;4-6,9,13H,7-8,10H2,1-3H3;4-7,13H,8-10H2,1-3H3;4-8,13H,9-11H2,1-3H3. The number of aliphatic hydroxyl groups is 2. The molecule has 746 valence electrons. The third-order valence-electron chi connectivity index (χ3n) is 24.0. The lowest BCUT2D eigenvalue weighted by Gasteiger charge is -2.42. The molecule has 2 N–H and O–H groups in total. The number of ether oxygens (including phenoxy) is 7. The molecular weight excluding hydrogens is 1760 g/mol. The fourth-order valence-electron chi connectivity index (χ4n) is 16.6. The number of hydrogen-bond donors (Lipinski definition) is 2. The Labute approximate surface area is 821 Å². The van der Waals surface area contributed by atoms with E-state index < -0.39 is 0 Å². The fraction of sp³-hybridized carbons (Fsp3) is 0.555. The van der Waals surface area contributed by atoms with Crippen LogP contribution in [-0.2, 0) is 81.7 Å². The van der Waals surface area contributed by atoms with Crippen LogP contribution in [0.1, 0.15) is 239 Å². The first-order chi connectivity index (χ1) is 63.9. The zero-order valence-electron chi connectivity index (χ0n) is 85.3. The predicted molar refractivity (Wildman–Crippen MR) is 538 cm³/mol. The lowest BCUT2D eigenvalue weighted by molar-refractivity contribution is -0.147. The Hall–Kier alpha value is -9.15. The van der Waals surface area contributed by atoms with E-state index in [1.54, 1.807) is 7.11 Å². The Bertz CT molecular complexity index is 4940. The van der Waals surface area contributed by atoms with Gasteiger partial charge in [0.2, 0.25) is 41.4 Å². The third kappa shape index (κ3) is 34.4. The molecule has 7 amide bonds. The summed E-state index contributed by atoms with van der Waals surface area (Å²) in [7, 11) is 1.65. The Balaban J connectivity index is 0.000000195. The van der Waals surface area contributed by atoms with Crippen molar-refractivity contribution in [2.24, 2.45) is 37.9 Å². The summed E-state index contributed by atoms with van der Waals surface area (Å²) in [5.74, 6) is 2.11. The maximum Gasteiger partial charge on any atom is 0.228 e. The molecule has 7 heterocycles. The van der Waals surface area contributed by atoms with Gasteiger partial charge in [-0.15, -0.1) is 0 Å². The maximum absolute atomic E-state index is 12.4. The number of amides is 7. The van der Waals surface area contributed by atoms with Crippen molar-refractivity contribution in [3.8, 4) is 5.75 Å². The van der Waals surface area contributed by atoms with Gasteiger partial charge >= 0.3 is 0 Å². The van der Waals surface area contributed by atoms with Crippen LogP contribution in [0.25, 0.3) is 0 Å². The minimum Gasteiger partial charge on any atom is -0.497 e. The molecule has 7 aliphatic heterocycles. The Morgan fingerprint density at radius 1 is 0.324 bits per heavy atom. The molecule has 0 aromatic heterocycles. The molecule has 0 bridgehead atoms. The van der Waals surface area contributed by atoms with Gasteiger partial charge in [-0.1, -0.05) is 320 Å². The maximum atomic E-state index is 12.4. The SMILES string of the molecule is CC(C)(C)C(=O)N1CCOC(c2cccc(CO)c2)C1.CC(C)(C)C(=O)N1CCOC(c2cccc(Cl)c2)C1.CC(C)(C)C(=O)N1CCOC(c2ccccc2)C1.CC(C)(C)C(=O)N1CCOC(c2ccccc2CO)C1.CC(C)(C)C(=O)N1CCOC(c2ccccc2Cl)C1.CC1CN(Cc2ccccc2)CCN1C(=O)C(C)(C)C.COc1ccc(C2CN(C(=O)C(C)(C)C)CCO2)cc1. The third-order valence-corrected chi connectivity index (χ3v) is 24.6. The van der Waals surface area contributed by atoms with Crippen LogP contribution in [0, 0.1) is 37.9 Å². The minimum absolute atomic E-state index is 0.00579. The van der Waals surface area contributed by atoms with Crippen molar-refractivity contribution in [2.45, 2.75) is 215 Å². The topological polar surface area (TPSA) is 250 Å². The van der Waals surface area contributed by atoms with Crippen molar-refractivity contribution < 1.29 is 76.9 Å². The number of carbonyl (C=O) groups excluding carboxylic acids is 7. The van der Waals surface area contributed by atoms with E-state index in [0.717, 1.165) is 76.4 Å². The first kappa shape index (κ1) is 112. The molecule has 0 aliphatic carbocycles. The van der Waals surface area contributed by atoms with Crippen LogP contribution in [0.5, 0.6) is 5.75 Å². The molecular formula is C110H156Cl2N8O16. The number of rotatable bonds is 11. The summed E-state index contributed by atoms with van der Waals surface area (Å²) in [4.78, 5) is 102.